The summed E-state index contributed by atoms with van der Waals surface area (Å²) in [5.74, 6) is 0.809. The molecule has 2 amide bonds. The zero-order valence-electron chi connectivity index (χ0n) is 15.9. The average molecular weight is 344 g/mol. The predicted octanol–water partition coefficient (Wildman–Crippen LogP) is 3.56. The molecule has 0 aliphatic heterocycles. The van der Waals surface area contributed by atoms with Crippen LogP contribution in [0.15, 0.2) is 24.3 Å². The summed E-state index contributed by atoms with van der Waals surface area (Å²) >= 11 is 0. The molecular weight excluding hydrogens is 316 g/mol. The van der Waals surface area contributed by atoms with Crippen molar-refractivity contribution in [2.45, 2.75) is 46.7 Å². The largest absolute Gasteiger partial charge is 0.494 e. The second-order valence-electron chi connectivity index (χ2n) is 6.27. The molecule has 136 valence electrons. The zero-order chi connectivity index (χ0) is 18.6. The molecule has 0 aliphatic carbocycles. The lowest BCUT2D eigenvalue weighted by Crippen LogP contribution is -2.38. The van der Waals surface area contributed by atoms with E-state index in [0.29, 0.717) is 6.61 Å². The molecule has 2 aromatic rings. The third-order valence-electron chi connectivity index (χ3n) is 4.36. The molecule has 0 spiro atoms. The van der Waals surface area contributed by atoms with Crippen LogP contribution >= 0.6 is 0 Å². The Labute approximate surface area is 149 Å². The molecule has 2 rings (SSSR count). The summed E-state index contributed by atoms with van der Waals surface area (Å²) in [7, 11) is 1.91. The van der Waals surface area contributed by atoms with Crippen molar-refractivity contribution in [3.63, 3.8) is 0 Å². The number of carbonyl (C=O) groups excluding carboxylic acids is 1. The number of nitrogens with zero attached hydrogens (tertiary/aromatic N) is 2. The number of urea groups is 1. The van der Waals surface area contributed by atoms with Crippen LogP contribution in [-0.4, -0.2) is 22.4 Å². The first-order valence-corrected chi connectivity index (χ1v) is 8.63. The Bertz CT molecular complexity index is 739. The summed E-state index contributed by atoms with van der Waals surface area (Å²) in [6.45, 7) is 10.5. The van der Waals surface area contributed by atoms with Gasteiger partial charge in [-0.25, -0.2) is 4.79 Å². The van der Waals surface area contributed by atoms with E-state index < -0.39 is 0 Å². The summed E-state index contributed by atoms with van der Waals surface area (Å²) in [6, 6.07) is 7.33. The van der Waals surface area contributed by atoms with Crippen molar-refractivity contribution < 1.29 is 9.53 Å². The minimum absolute atomic E-state index is 0.115. The van der Waals surface area contributed by atoms with Crippen molar-refractivity contribution in [2.24, 2.45) is 7.05 Å². The van der Waals surface area contributed by atoms with Gasteiger partial charge in [0.25, 0.3) is 0 Å². The Morgan fingerprint density at radius 3 is 2.52 bits per heavy atom. The smallest absolute Gasteiger partial charge is 0.315 e. The van der Waals surface area contributed by atoms with Crippen LogP contribution in [0.4, 0.5) is 4.79 Å². The van der Waals surface area contributed by atoms with Gasteiger partial charge in [0.1, 0.15) is 5.75 Å². The Balaban J connectivity index is 2.00. The molecule has 2 atom stereocenters. The zero-order valence-corrected chi connectivity index (χ0v) is 15.9. The number of carbonyl (C=O) groups is 1. The third kappa shape index (κ3) is 4.53. The number of benzene rings is 1. The van der Waals surface area contributed by atoms with Crippen LogP contribution in [0.1, 0.15) is 55.4 Å². The number of hydrogen-bond donors (Lipinski definition) is 2. The van der Waals surface area contributed by atoms with E-state index in [1.165, 1.54) is 0 Å². The maximum atomic E-state index is 12.4. The first-order valence-electron chi connectivity index (χ1n) is 8.63. The highest BCUT2D eigenvalue weighted by atomic mass is 16.5. The highest BCUT2D eigenvalue weighted by Crippen LogP contribution is 2.21. The molecule has 0 fully saturated rings. The second-order valence-corrected chi connectivity index (χ2v) is 6.27. The molecule has 0 unspecified atom stereocenters. The lowest BCUT2D eigenvalue weighted by Gasteiger charge is -2.19. The molecule has 6 nitrogen and oxygen atoms in total. The van der Waals surface area contributed by atoms with Crippen LogP contribution in [0.25, 0.3) is 0 Å². The van der Waals surface area contributed by atoms with Crippen LogP contribution in [-0.2, 0) is 7.05 Å². The first kappa shape index (κ1) is 18.8. The SMILES string of the molecule is CCOc1cccc([C@@H](C)NC(=O)N[C@H](C)c2c(C)nn(C)c2C)c1. The van der Waals surface area contributed by atoms with E-state index in [4.69, 9.17) is 4.74 Å². The molecule has 1 heterocycles. The Hall–Kier alpha value is -2.50. The molecule has 1 aromatic heterocycles. The summed E-state index contributed by atoms with van der Waals surface area (Å²) in [5.41, 5.74) is 4.05. The van der Waals surface area contributed by atoms with Gasteiger partial charge in [-0.2, -0.15) is 5.10 Å². The monoisotopic (exact) mass is 344 g/mol. The second kappa shape index (κ2) is 8.05. The van der Waals surface area contributed by atoms with E-state index in [0.717, 1.165) is 28.3 Å². The van der Waals surface area contributed by atoms with Gasteiger partial charge in [-0.3, -0.25) is 4.68 Å². The standard InChI is InChI=1S/C19H28N4O2/c1-7-25-17-10-8-9-16(11-17)12(2)20-19(24)21-13(3)18-14(4)22-23(6)15(18)5/h8-13H,7H2,1-6H3,(H2,20,21,24)/t12-,13-/m1/s1. The Kier molecular flexibility index (Phi) is 6.07. The lowest BCUT2D eigenvalue weighted by atomic mass is 10.1. The van der Waals surface area contributed by atoms with Crippen LogP contribution in [0.3, 0.4) is 0 Å². The van der Waals surface area contributed by atoms with E-state index in [-0.39, 0.29) is 18.1 Å². The van der Waals surface area contributed by atoms with Crippen molar-refractivity contribution in [1.82, 2.24) is 20.4 Å². The van der Waals surface area contributed by atoms with Crippen LogP contribution in [0, 0.1) is 13.8 Å². The van der Waals surface area contributed by atoms with E-state index in [2.05, 4.69) is 15.7 Å². The van der Waals surface area contributed by atoms with Gasteiger partial charge in [-0.1, -0.05) is 12.1 Å². The molecule has 0 bridgehead atoms. The number of hydrogen-bond acceptors (Lipinski definition) is 3. The van der Waals surface area contributed by atoms with Gasteiger partial charge >= 0.3 is 6.03 Å². The van der Waals surface area contributed by atoms with Crippen molar-refractivity contribution >= 4 is 6.03 Å². The fraction of sp³-hybridized carbons (Fsp3) is 0.474. The fourth-order valence-electron chi connectivity index (χ4n) is 3.05. The molecule has 25 heavy (non-hydrogen) atoms. The first-order chi connectivity index (χ1) is 11.8. The van der Waals surface area contributed by atoms with E-state index in [1.807, 2.05) is 70.6 Å². The average Bonchev–Trinajstić information content (AvgIpc) is 2.80. The molecule has 1 aromatic carbocycles. The molecule has 0 aliphatic rings. The van der Waals surface area contributed by atoms with E-state index >= 15 is 0 Å². The van der Waals surface area contributed by atoms with E-state index in [9.17, 15) is 4.79 Å². The highest BCUT2D eigenvalue weighted by Gasteiger charge is 2.19. The van der Waals surface area contributed by atoms with Crippen LogP contribution in [0.5, 0.6) is 5.75 Å². The highest BCUT2D eigenvalue weighted by molar-refractivity contribution is 5.75. The molecule has 0 saturated heterocycles. The molecular formula is C19H28N4O2. The van der Waals surface area contributed by atoms with Gasteiger partial charge in [0, 0.05) is 18.3 Å². The number of amides is 2. The number of ether oxygens (including phenoxy) is 1. The van der Waals surface area contributed by atoms with Gasteiger partial charge in [0.2, 0.25) is 0 Å². The normalized spacial score (nSPS) is 13.2. The van der Waals surface area contributed by atoms with Crippen molar-refractivity contribution in [1.29, 1.82) is 0 Å². The summed E-state index contributed by atoms with van der Waals surface area (Å²) in [5, 5.41) is 10.4. The minimum Gasteiger partial charge on any atom is -0.494 e. The van der Waals surface area contributed by atoms with Crippen molar-refractivity contribution in [2.75, 3.05) is 6.61 Å². The summed E-state index contributed by atoms with van der Waals surface area (Å²) < 4.78 is 7.35. The number of nitrogens with one attached hydrogen (secondary N) is 2. The Morgan fingerprint density at radius 2 is 1.92 bits per heavy atom. The van der Waals surface area contributed by atoms with Gasteiger partial charge in [-0.05, 0) is 52.3 Å². The van der Waals surface area contributed by atoms with Gasteiger partial charge < -0.3 is 15.4 Å². The quantitative estimate of drug-likeness (QED) is 0.842. The maximum Gasteiger partial charge on any atom is 0.315 e. The number of aryl methyl sites for hydroxylation is 2. The maximum absolute atomic E-state index is 12.4. The van der Waals surface area contributed by atoms with E-state index in [1.54, 1.807) is 0 Å². The Morgan fingerprint density at radius 1 is 1.24 bits per heavy atom. The molecule has 2 N–H and O–H groups in total. The van der Waals surface area contributed by atoms with Crippen molar-refractivity contribution in [3.05, 3.63) is 46.8 Å². The van der Waals surface area contributed by atoms with Crippen molar-refractivity contribution in [3.8, 4) is 5.75 Å². The summed E-state index contributed by atoms with van der Waals surface area (Å²) in [6.07, 6.45) is 0. The van der Waals surface area contributed by atoms with Crippen LogP contribution < -0.4 is 15.4 Å². The van der Waals surface area contributed by atoms with Gasteiger partial charge in [-0.15, -0.1) is 0 Å². The predicted molar refractivity (Wildman–Crippen MR) is 98.8 cm³/mol. The minimum atomic E-state index is -0.204. The summed E-state index contributed by atoms with van der Waals surface area (Å²) in [4.78, 5) is 12.4. The molecule has 0 radical (unpaired) electrons. The topological polar surface area (TPSA) is 68.2 Å². The van der Waals surface area contributed by atoms with Gasteiger partial charge in [0.05, 0.1) is 24.4 Å². The number of rotatable bonds is 6. The lowest BCUT2D eigenvalue weighted by molar-refractivity contribution is 0.235. The molecule has 0 saturated carbocycles. The van der Waals surface area contributed by atoms with Gasteiger partial charge in [0.15, 0.2) is 0 Å². The molecule has 6 heteroatoms. The third-order valence-corrected chi connectivity index (χ3v) is 4.36. The van der Waals surface area contributed by atoms with Crippen LogP contribution in [0.2, 0.25) is 0 Å². The number of aromatic nitrogens is 2. The fourth-order valence-corrected chi connectivity index (χ4v) is 3.05.